The number of aromatic hydroxyl groups is 1. The van der Waals surface area contributed by atoms with Gasteiger partial charge in [0.1, 0.15) is 11.5 Å². The second kappa shape index (κ2) is 3.20. The third kappa shape index (κ3) is 1.01. The van der Waals surface area contributed by atoms with Gasteiger partial charge in [-0.15, -0.1) is 0 Å². The van der Waals surface area contributed by atoms with E-state index < -0.39 is 17.2 Å². The van der Waals surface area contributed by atoms with Crippen LogP contribution in [0.25, 0.3) is 0 Å². The highest BCUT2D eigenvalue weighted by molar-refractivity contribution is 6.09. The summed E-state index contributed by atoms with van der Waals surface area (Å²) >= 11 is 0. The molecule has 1 aliphatic carbocycles. The summed E-state index contributed by atoms with van der Waals surface area (Å²) in [5.74, 6) is -2.74. The van der Waals surface area contributed by atoms with Gasteiger partial charge >= 0.3 is 0 Å². The zero-order valence-corrected chi connectivity index (χ0v) is 10.2. The van der Waals surface area contributed by atoms with Crippen LogP contribution in [0.15, 0.2) is 42.5 Å². The van der Waals surface area contributed by atoms with Gasteiger partial charge in [0.25, 0.3) is 5.79 Å². The average molecular weight is 270 g/mol. The van der Waals surface area contributed by atoms with Crippen LogP contribution in [0.2, 0.25) is 0 Å². The Labute approximate surface area is 113 Å². The van der Waals surface area contributed by atoms with Crippen LogP contribution < -0.4 is 4.74 Å². The lowest BCUT2D eigenvalue weighted by Crippen LogP contribution is -2.48. The molecule has 2 unspecified atom stereocenters. The molecule has 0 bridgehead atoms. The molecule has 0 saturated heterocycles. The molecule has 2 aromatic carbocycles. The standard InChI is InChI=1S/C15H10O5/c16-8-5-6-11-12(7-8)20-15(19)10-4-2-1-3-9(10)13(17)14(11,15)18/h1-7,16,18-19H. The molecule has 5 heteroatoms. The molecule has 2 atom stereocenters. The largest absolute Gasteiger partial charge is 0.508 e. The molecule has 100 valence electrons. The Balaban J connectivity index is 2.05. The zero-order chi connectivity index (χ0) is 14.1. The fourth-order valence-electron chi connectivity index (χ4n) is 3.01. The predicted molar refractivity (Wildman–Crippen MR) is 67.3 cm³/mol. The Morgan fingerprint density at radius 2 is 1.75 bits per heavy atom. The van der Waals surface area contributed by atoms with Crippen LogP contribution in [-0.2, 0) is 11.4 Å². The van der Waals surface area contributed by atoms with E-state index in [4.69, 9.17) is 4.74 Å². The van der Waals surface area contributed by atoms with Crippen molar-refractivity contribution in [2.45, 2.75) is 11.4 Å². The Morgan fingerprint density at radius 3 is 2.55 bits per heavy atom. The number of hydrogen-bond acceptors (Lipinski definition) is 5. The van der Waals surface area contributed by atoms with Crippen LogP contribution in [0.3, 0.4) is 0 Å². The number of fused-ring (bicyclic) bond motifs is 5. The van der Waals surface area contributed by atoms with Gasteiger partial charge in [-0.2, -0.15) is 0 Å². The van der Waals surface area contributed by atoms with Gasteiger partial charge in [-0.3, -0.25) is 4.79 Å². The van der Waals surface area contributed by atoms with Gasteiger partial charge in [-0.1, -0.05) is 24.3 Å². The second-order valence-corrected chi connectivity index (χ2v) is 5.01. The smallest absolute Gasteiger partial charge is 0.276 e. The second-order valence-electron chi connectivity index (χ2n) is 5.01. The molecule has 0 fully saturated rings. The molecule has 1 heterocycles. The number of ether oxygens (including phenoxy) is 1. The van der Waals surface area contributed by atoms with Crippen molar-refractivity contribution in [1.82, 2.24) is 0 Å². The Hall–Kier alpha value is -2.37. The van der Waals surface area contributed by atoms with E-state index in [-0.39, 0.29) is 28.2 Å². The number of phenols is 1. The Bertz CT molecular complexity index is 769. The van der Waals surface area contributed by atoms with Crippen molar-refractivity contribution in [3.63, 3.8) is 0 Å². The molecule has 20 heavy (non-hydrogen) atoms. The van der Waals surface area contributed by atoms with Gasteiger partial charge < -0.3 is 20.1 Å². The van der Waals surface area contributed by atoms with E-state index in [2.05, 4.69) is 0 Å². The van der Waals surface area contributed by atoms with E-state index in [9.17, 15) is 20.1 Å². The number of Topliss-reactive ketones (excluding diaryl/α,β-unsaturated/α-hetero) is 1. The summed E-state index contributed by atoms with van der Waals surface area (Å²) in [5, 5.41) is 31.0. The van der Waals surface area contributed by atoms with Crippen LogP contribution in [0.5, 0.6) is 11.5 Å². The van der Waals surface area contributed by atoms with Crippen molar-refractivity contribution in [2.24, 2.45) is 0 Å². The lowest BCUT2D eigenvalue weighted by atomic mass is 9.87. The van der Waals surface area contributed by atoms with Crippen LogP contribution in [0, 0.1) is 0 Å². The van der Waals surface area contributed by atoms with E-state index in [1.54, 1.807) is 12.1 Å². The van der Waals surface area contributed by atoms with E-state index in [0.29, 0.717) is 0 Å². The highest BCUT2D eigenvalue weighted by Gasteiger charge is 2.70. The quantitative estimate of drug-likeness (QED) is 0.665. The topological polar surface area (TPSA) is 87.0 Å². The van der Waals surface area contributed by atoms with Crippen molar-refractivity contribution in [3.8, 4) is 11.5 Å². The molecule has 0 aromatic heterocycles. The van der Waals surface area contributed by atoms with E-state index in [1.807, 2.05) is 0 Å². The normalized spacial score (nSPS) is 29.6. The van der Waals surface area contributed by atoms with E-state index >= 15 is 0 Å². The monoisotopic (exact) mass is 270 g/mol. The first-order chi connectivity index (χ1) is 9.48. The average Bonchev–Trinajstić information content (AvgIpc) is 2.76. The maximum absolute atomic E-state index is 12.5. The van der Waals surface area contributed by atoms with Gasteiger partial charge in [0.15, 0.2) is 0 Å². The number of carbonyl (C=O) groups excluding carboxylic acids is 1. The first-order valence-corrected chi connectivity index (χ1v) is 6.10. The summed E-state index contributed by atoms with van der Waals surface area (Å²) in [6, 6.07) is 10.4. The van der Waals surface area contributed by atoms with Crippen molar-refractivity contribution < 1.29 is 24.9 Å². The number of phenolic OH excluding ortho intramolecular Hbond substituents is 1. The van der Waals surface area contributed by atoms with Crippen LogP contribution >= 0.6 is 0 Å². The highest BCUT2D eigenvalue weighted by atomic mass is 16.7. The van der Waals surface area contributed by atoms with Crippen molar-refractivity contribution in [2.75, 3.05) is 0 Å². The minimum absolute atomic E-state index is 0.0725. The van der Waals surface area contributed by atoms with Gasteiger partial charge in [0.2, 0.25) is 11.4 Å². The summed E-state index contributed by atoms with van der Waals surface area (Å²) in [4.78, 5) is 12.5. The number of carbonyl (C=O) groups is 1. The molecule has 4 rings (SSSR count). The number of aliphatic hydroxyl groups is 2. The van der Waals surface area contributed by atoms with E-state index in [1.165, 1.54) is 30.3 Å². The summed E-state index contributed by atoms with van der Waals surface area (Å²) in [6.45, 7) is 0. The zero-order valence-electron chi connectivity index (χ0n) is 10.2. The van der Waals surface area contributed by atoms with Crippen molar-refractivity contribution >= 4 is 5.78 Å². The molecular weight excluding hydrogens is 260 g/mol. The number of rotatable bonds is 0. The van der Waals surface area contributed by atoms with Crippen LogP contribution in [0.4, 0.5) is 0 Å². The highest BCUT2D eigenvalue weighted by Crippen LogP contribution is 2.58. The lowest BCUT2D eigenvalue weighted by Gasteiger charge is -2.28. The minimum Gasteiger partial charge on any atom is -0.508 e. The molecule has 0 radical (unpaired) electrons. The van der Waals surface area contributed by atoms with Crippen molar-refractivity contribution in [3.05, 3.63) is 59.2 Å². The van der Waals surface area contributed by atoms with E-state index in [0.717, 1.165) is 0 Å². The molecule has 3 N–H and O–H groups in total. The maximum Gasteiger partial charge on any atom is 0.276 e. The number of hydrogen-bond donors (Lipinski definition) is 3. The third-order valence-electron chi connectivity index (χ3n) is 3.97. The Morgan fingerprint density at radius 1 is 1.00 bits per heavy atom. The number of ketones is 1. The number of benzene rings is 2. The van der Waals surface area contributed by atoms with Crippen molar-refractivity contribution in [1.29, 1.82) is 0 Å². The molecule has 0 saturated carbocycles. The maximum atomic E-state index is 12.5. The van der Waals surface area contributed by atoms with Gasteiger partial charge in [-0.25, -0.2) is 0 Å². The fourth-order valence-corrected chi connectivity index (χ4v) is 3.01. The molecule has 2 aliphatic rings. The fraction of sp³-hybridized carbons (Fsp3) is 0.133. The Kier molecular flexibility index (Phi) is 1.83. The molecular formula is C15H10O5. The van der Waals surface area contributed by atoms with Gasteiger partial charge in [-0.05, 0) is 12.1 Å². The molecule has 0 spiro atoms. The summed E-state index contributed by atoms with van der Waals surface area (Å²) < 4.78 is 5.42. The molecule has 5 nitrogen and oxygen atoms in total. The van der Waals surface area contributed by atoms with Crippen LogP contribution in [0.1, 0.15) is 21.5 Å². The first kappa shape index (κ1) is 11.5. The minimum atomic E-state index is -2.18. The van der Waals surface area contributed by atoms with Crippen LogP contribution in [-0.4, -0.2) is 21.1 Å². The molecule has 1 aliphatic heterocycles. The molecule has 2 aromatic rings. The predicted octanol–water partition coefficient (Wildman–Crippen LogP) is 1.01. The summed E-state index contributed by atoms with van der Waals surface area (Å²) in [6.07, 6.45) is 0. The molecule has 0 amide bonds. The summed E-state index contributed by atoms with van der Waals surface area (Å²) in [5.41, 5.74) is -1.57. The SMILES string of the molecule is O=C1c2ccccc2C2(O)Oc3cc(O)ccc3C12O. The van der Waals surface area contributed by atoms with Gasteiger partial charge in [0, 0.05) is 22.8 Å². The van der Waals surface area contributed by atoms with Gasteiger partial charge in [0.05, 0.1) is 0 Å². The summed E-state index contributed by atoms with van der Waals surface area (Å²) in [7, 11) is 0. The first-order valence-electron chi connectivity index (χ1n) is 6.10. The lowest BCUT2D eigenvalue weighted by molar-refractivity contribution is -0.224. The third-order valence-corrected chi connectivity index (χ3v) is 3.97.